The molecule has 0 bridgehead atoms. The third kappa shape index (κ3) is 3.95. The number of hydrogen-bond acceptors (Lipinski definition) is 7. The number of benzene rings is 2. The van der Waals surface area contributed by atoms with Gasteiger partial charge in [0.25, 0.3) is 11.1 Å². The van der Waals surface area contributed by atoms with Gasteiger partial charge in [0.15, 0.2) is 5.58 Å². The van der Waals surface area contributed by atoms with Crippen molar-refractivity contribution >= 4 is 46.4 Å². The van der Waals surface area contributed by atoms with Crippen molar-refractivity contribution in [2.45, 2.75) is 10.6 Å². The molecule has 0 aliphatic carbocycles. The number of amides is 2. The summed E-state index contributed by atoms with van der Waals surface area (Å²) in [6.07, 6.45) is 0. The van der Waals surface area contributed by atoms with E-state index in [-0.39, 0.29) is 22.9 Å². The number of nitrogens with zero attached hydrogens (tertiary/aromatic N) is 2. The smallest absolute Gasteiger partial charge is 0.257 e. The van der Waals surface area contributed by atoms with Crippen molar-refractivity contribution in [1.82, 2.24) is 15.4 Å². The number of hydrogen-bond donors (Lipinski definition) is 1. The minimum absolute atomic E-state index is 0.0939. The van der Waals surface area contributed by atoms with Crippen LogP contribution in [0.5, 0.6) is 5.75 Å². The summed E-state index contributed by atoms with van der Waals surface area (Å²) in [5.41, 5.74) is 5.06. The molecular weight excluding hydrogens is 398 g/mol. The highest BCUT2D eigenvalue weighted by Gasteiger charge is 2.34. The molecule has 0 spiro atoms. The highest BCUT2D eigenvalue weighted by molar-refractivity contribution is 8.00. The Morgan fingerprint density at radius 2 is 2.11 bits per heavy atom. The number of fused-ring (bicyclic) bond motifs is 1. The Hall–Kier alpha value is -2.65. The van der Waals surface area contributed by atoms with Crippen LogP contribution < -0.4 is 10.2 Å². The predicted octanol–water partition coefficient (Wildman–Crippen LogP) is 3.23. The average Bonchev–Trinajstić information content (AvgIpc) is 3.30. The van der Waals surface area contributed by atoms with Gasteiger partial charge >= 0.3 is 0 Å². The van der Waals surface area contributed by atoms with Gasteiger partial charge in [-0.3, -0.25) is 15.0 Å². The van der Waals surface area contributed by atoms with Gasteiger partial charge < -0.3 is 9.15 Å². The molecule has 1 unspecified atom stereocenters. The van der Waals surface area contributed by atoms with Gasteiger partial charge in [0, 0.05) is 0 Å². The highest BCUT2D eigenvalue weighted by atomic mass is 32.2. The molecule has 1 aliphatic rings. The number of carbonyl (C=O) groups is 2. The number of para-hydroxylation sites is 2. The number of hydrazine groups is 1. The van der Waals surface area contributed by atoms with E-state index in [2.05, 4.69) is 10.4 Å². The van der Waals surface area contributed by atoms with Crippen LogP contribution in [0.4, 0.5) is 0 Å². The number of oxazole rings is 1. The molecule has 3 aromatic rings. The molecule has 1 aromatic heterocycles. The molecule has 1 aliphatic heterocycles. The Balaban J connectivity index is 1.39. The van der Waals surface area contributed by atoms with Gasteiger partial charge in [0.1, 0.15) is 16.6 Å². The third-order valence-corrected chi connectivity index (χ3v) is 6.16. The SMILES string of the molecule is COc1ccc(C2SCC(=O)N2NC(=O)CSc2nc3ccccc3o2)cc1. The van der Waals surface area contributed by atoms with Gasteiger partial charge in [-0.05, 0) is 29.8 Å². The van der Waals surface area contributed by atoms with Crippen LogP contribution in [0.25, 0.3) is 11.1 Å². The lowest BCUT2D eigenvalue weighted by Crippen LogP contribution is -2.45. The first-order valence-corrected chi connectivity index (χ1v) is 10.5. The molecule has 2 heterocycles. The van der Waals surface area contributed by atoms with E-state index in [4.69, 9.17) is 9.15 Å². The molecule has 4 rings (SSSR count). The van der Waals surface area contributed by atoms with Crippen molar-refractivity contribution in [3.63, 3.8) is 0 Å². The van der Waals surface area contributed by atoms with Crippen LogP contribution in [-0.2, 0) is 9.59 Å². The summed E-state index contributed by atoms with van der Waals surface area (Å²) < 4.78 is 10.8. The van der Waals surface area contributed by atoms with E-state index in [0.717, 1.165) is 16.8 Å². The molecule has 28 heavy (non-hydrogen) atoms. The third-order valence-electron chi connectivity index (χ3n) is 4.11. The Morgan fingerprint density at radius 1 is 1.32 bits per heavy atom. The van der Waals surface area contributed by atoms with E-state index in [0.29, 0.717) is 16.6 Å². The molecule has 0 radical (unpaired) electrons. The number of rotatable bonds is 6. The van der Waals surface area contributed by atoms with Crippen LogP contribution in [0.15, 0.2) is 58.2 Å². The maximum Gasteiger partial charge on any atom is 0.257 e. The standard InChI is InChI=1S/C19H17N3O4S2/c1-25-13-8-6-12(7-9-13)18-22(17(24)11-27-18)21-16(23)10-28-19-20-14-4-2-3-5-15(14)26-19/h2-9,18H,10-11H2,1H3,(H,21,23). The fourth-order valence-electron chi connectivity index (χ4n) is 2.77. The Morgan fingerprint density at radius 3 is 2.86 bits per heavy atom. The lowest BCUT2D eigenvalue weighted by Gasteiger charge is -2.24. The maximum absolute atomic E-state index is 12.4. The van der Waals surface area contributed by atoms with Gasteiger partial charge in [-0.15, -0.1) is 11.8 Å². The van der Waals surface area contributed by atoms with Gasteiger partial charge in [-0.25, -0.2) is 9.99 Å². The fourth-order valence-corrected chi connectivity index (χ4v) is 4.51. The summed E-state index contributed by atoms with van der Waals surface area (Å²) in [6, 6.07) is 14.9. The minimum atomic E-state index is -0.290. The van der Waals surface area contributed by atoms with E-state index in [1.807, 2.05) is 48.5 Å². The summed E-state index contributed by atoms with van der Waals surface area (Å²) in [5.74, 6) is 0.724. The monoisotopic (exact) mass is 415 g/mol. The first kappa shape index (κ1) is 18.7. The van der Waals surface area contributed by atoms with E-state index in [9.17, 15) is 9.59 Å². The number of aromatic nitrogens is 1. The zero-order valence-corrected chi connectivity index (χ0v) is 16.6. The second-order valence-electron chi connectivity index (χ2n) is 5.97. The van der Waals surface area contributed by atoms with Crippen molar-refractivity contribution in [3.05, 3.63) is 54.1 Å². The van der Waals surface area contributed by atoms with E-state index in [1.165, 1.54) is 28.5 Å². The molecule has 0 saturated carbocycles. The summed E-state index contributed by atoms with van der Waals surface area (Å²) in [4.78, 5) is 29.0. The topological polar surface area (TPSA) is 84.7 Å². The molecule has 1 fully saturated rings. The van der Waals surface area contributed by atoms with Crippen molar-refractivity contribution in [3.8, 4) is 5.75 Å². The Kier molecular flexibility index (Phi) is 5.45. The predicted molar refractivity (Wildman–Crippen MR) is 108 cm³/mol. The molecular formula is C19H17N3O4S2. The fraction of sp³-hybridized carbons (Fsp3) is 0.211. The zero-order valence-electron chi connectivity index (χ0n) is 15.0. The molecule has 1 N–H and O–H groups in total. The van der Waals surface area contributed by atoms with Gasteiger partial charge in [0.2, 0.25) is 5.91 Å². The molecule has 7 nitrogen and oxygen atoms in total. The molecule has 2 amide bonds. The highest BCUT2D eigenvalue weighted by Crippen LogP contribution is 2.37. The summed E-state index contributed by atoms with van der Waals surface area (Å²) in [5, 5.41) is 1.54. The number of carbonyl (C=O) groups excluding carboxylic acids is 2. The van der Waals surface area contributed by atoms with Crippen molar-refractivity contribution < 1.29 is 18.7 Å². The summed E-state index contributed by atoms with van der Waals surface area (Å²) >= 11 is 2.66. The van der Waals surface area contributed by atoms with Crippen LogP contribution in [0.2, 0.25) is 0 Å². The normalized spacial score (nSPS) is 16.5. The van der Waals surface area contributed by atoms with Crippen molar-refractivity contribution in [2.24, 2.45) is 0 Å². The van der Waals surface area contributed by atoms with Crippen LogP contribution >= 0.6 is 23.5 Å². The second-order valence-corrected chi connectivity index (χ2v) is 7.97. The van der Waals surface area contributed by atoms with Crippen LogP contribution in [0, 0.1) is 0 Å². The number of thioether (sulfide) groups is 2. The number of ether oxygens (including phenoxy) is 1. The largest absolute Gasteiger partial charge is 0.497 e. The van der Waals surface area contributed by atoms with E-state index in [1.54, 1.807) is 7.11 Å². The summed E-state index contributed by atoms with van der Waals surface area (Å²) in [6.45, 7) is 0. The quantitative estimate of drug-likeness (QED) is 0.619. The molecule has 1 saturated heterocycles. The Labute approximate surface area is 169 Å². The average molecular weight is 415 g/mol. The molecule has 1 atom stereocenters. The first-order valence-electron chi connectivity index (χ1n) is 8.49. The summed E-state index contributed by atoms with van der Waals surface area (Å²) in [7, 11) is 1.60. The van der Waals surface area contributed by atoms with Crippen LogP contribution in [0.1, 0.15) is 10.9 Å². The van der Waals surface area contributed by atoms with Gasteiger partial charge in [-0.1, -0.05) is 36.0 Å². The van der Waals surface area contributed by atoms with Crippen LogP contribution in [-0.4, -0.2) is 40.4 Å². The van der Waals surface area contributed by atoms with Gasteiger partial charge in [0.05, 0.1) is 18.6 Å². The molecule has 2 aromatic carbocycles. The minimum Gasteiger partial charge on any atom is -0.497 e. The lowest BCUT2D eigenvalue weighted by atomic mass is 10.2. The number of nitrogens with one attached hydrogen (secondary N) is 1. The lowest BCUT2D eigenvalue weighted by molar-refractivity contribution is -0.138. The van der Waals surface area contributed by atoms with Crippen LogP contribution in [0.3, 0.4) is 0 Å². The van der Waals surface area contributed by atoms with Gasteiger partial charge in [-0.2, -0.15) is 0 Å². The number of methoxy groups -OCH3 is 1. The molecule has 9 heteroatoms. The maximum atomic E-state index is 12.4. The van der Waals surface area contributed by atoms with E-state index >= 15 is 0 Å². The van der Waals surface area contributed by atoms with E-state index < -0.39 is 0 Å². The first-order chi connectivity index (χ1) is 13.6. The van der Waals surface area contributed by atoms with Crippen molar-refractivity contribution in [1.29, 1.82) is 0 Å². The van der Waals surface area contributed by atoms with Crippen molar-refractivity contribution in [2.75, 3.05) is 18.6 Å². The molecule has 144 valence electrons. The second kappa shape index (κ2) is 8.15. The zero-order chi connectivity index (χ0) is 19.5. The Bertz CT molecular complexity index is 973.